The van der Waals surface area contributed by atoms with Crippen LogP contribution < -0.4 is 5.32 Å². The summed E-state index contributed by atoms with van der Waals surface area (Å²) in [6.45, 7) is 3.56. The van der Waals surface area contributed by atoms with Gasteiger partial charge in [-0.3, -0.25) is 19.8 Å². The lowest BCUT2D eigenvalue weighted by molar-refractivity contribution is -0.384. The number of nitrogens with zero attached hydrogens (tertiary/aromatic N) is 2. The fourth-order valence-corrected chi connectivity index (χ4v) is 4.23. The van der Waals surface area contributed by atoms with Crippen molar-refractivity contribution in [1.82, 2.24) is 10.2 Å². The third-order valence-corrected chi connectivity index (χ3v) is 5.70. The van der Waals surface area contributed by atoms with Crippen LogP contribution in [0.5, 0.6) is 0 Å². The number of carbonyl (C=O) groups excluding carboxylic acids is 1. The maximum absolute atomic E-state index is 12.3. The van der Waals surface area contributed by atoms with Crippen molar-refractivity contribution in [3.8, 4) is 0 Å². The van der Waals surface area contributed by atoms with Crippen molar-refractivity contribution in [3.63, 3.8) is 0 Å². The first kappa shape index (κ1) is 18.8. The molecule has 1 unspecified atom stereocenters. The second kappa shape index (κ2) is 8.62. The normalized spacial score (nSPS) is 17.8. The fraction of sp³-hybridized carbons (Fsp3) is 0.389. The summed E-state index contributed by atoms with van der Waals surface area (Å²) in [6.07, 6.45) is 2.19. The molecule has 1 atom stereocenters. The van der Waals surface area contributed by atoms with E-state index in [-0.39, 0.29) is 22.2 Å². The number of benzene rings is 1. The minimum absolute atomic E-state index is 0.0969. The molecule has 1 fully saturated rings. The van der Waals surface area contributed by atoms with Crippen LogP contribution in [0.4, 0.5) is 5.69 Å². The Bertz CT molecular complexity index is 782. The molecular weight excluding hydrogens is 374 g/mol. The number of carbonyl (C=O) groups is 1. The van der Waals surface area contributed by atoms with Crippen LogP contribution in [0.15, 0.2) is 35.7 Å². The topological polar surface area (TPSA) is 75.5 Å². The first-order valence-corrected chi connectivity index (χ1v) is 9.75. The van der Waals surface area contributed by atoms with Crippen LogP contribution in [0.2, 0.25) is 5.02 Å². The quantitative estimate of drug-likeness (QED) is 0.595. The van der Waals surface area contributed by atoms with Gasteiger partial charge in [-0.2, -0.15) is 0 Å². The number of nitro groups is 1. The van der Waals surface area contributed by atoms with E-state index >= 15 is 0 Å². The molecule has 3 rings (SSSR count). The number of hydrogen-bond donors (Lipinski definition) is 1. The van der Waals surface area contributed by atoms with Crippen LogP contribution in [0.1, 0.15) is 28.1 Å². The number of nitrogens with one attached hydrogen (secondary N) is 1. The van der Waals surface area contributed by atoms with Crippen molar-refractivity contribution >= 4 is 34.5 Å². The van der Waals surface area contributed by atoms with Gasteiger partial charge in [-0.1, -0.05) is 17.7 Å². The average molecular weight is 394 g/mol. The van der Waals surface area contributed by atoms with Gasteiger partial charge in [-0.25, -0.2) is 0 Å². The van der Waals surface area contributed by atoms with Crippen molar-refractivity contribution in [3.05, 3.63) is 61.3 Å². The van der Waals surface area contributed by atoms with E-state index in [2.05, 4.69) is 27.7 Å². The predicted octanol–water partition coefficient (Wildman–Crippen LogP) is 3.95. The number of rotatable bonds is 6. The predicted molar refractivity (Wildman–Crippen MR) is 103 cm³/mol. The Morgan fingerprint density at radius 1 is 1.42 bits per heavy atom. The Balaban J connectivity index is 1.53. The Hall–Kier alpha value is -1.96. The van der Waals surface area contributed by atoms with Crippen molar-refractivity contribution in [2.24, 2.45) is 5.92 Å². The Morgan fingerprint density at radius 3 is 2.96 bits per heavy atom. The van der Waals surface area contributed by atoms with Crippen molar-refractivity contribution in [1.29, 1.82) is 0 Å². The number of nitro benzene ring substituents is 1. The first-order valence-electron chi connectivity index (χ1n) is 8.50. The van der Waals surface area contributed by atoms with E-state index in [4.69, 9.17) is 11.6 Å². The number of likely N-dealkylation sites (tertiary alicyclic amines) is 1. The molecule has 2 heterocycles. The van der Waals surface area contributed by atoms with Crippen LogP contribution >= 0.6 is 22.9 Å². The molecule has 2 aromatic rings. The second-order valence-electron chi connectivity index (χ2n) is 6.45. The van der Waals surface area contributed by atoms with E-state index in [9.17, 15) is 14.9 Å². The van der Waals surface area contributed by atoms with E-state index in [1.54, 1.807) is 11.3 Å². The lowest BCUT2D eigenvalue weighted by Gasteiger charge is -2.32. The van der Waals surface area contributed by atoms with Crippen LogP contribution in [0.25, 0.3) is 0 Å². The highest BCUT2D eigenvalue weighted by Gasteiger charge is 2.22. The molecule has 1 N–H and O–H groups in total. The SMILES string of the molecule is O=C(NCC1CCCN(Cc2cccs2)C1)c1ccc([N+](=O)[O-])cc1Cl. The van der Waals surface area contributed by atoms with Crippen molar-refractivity contribution in [2.45, 2.75) is 19.4 Å². The molecule has 1 aromatic heterocycles. The van der Waals surface area contributed by atoms with E-state index in [1.165, 1.54) is 23.1 Å². The average Bonchev–Trinajstić information content (AvgIpc) is 3.13. The number of piperidine rings is 1. The van der Waals surface area contributed by atoms with E-state index in [1.807, 2.05) is 0 Å². The van der Waals surface area contributed by atoms with Crippen LogP contribution in [-0.4, -0.2) is 35.4 Å². The largest absolute Gasteiger partial charge is 0.352 e. The Morgan fingerprint density at radius 2 is 2.27 bits per heavy atom. The van der Waals surface area contributed by atoms with Gasteiger partial charge in [0.15, 0.2) is 0 Å². The maximum Gasteiger partial charge on any atom is 0.270 e. The van der Waals surface area contributed by atoms with Crippen LogP contribution in [-0.2, 0) is 6.54 Å². The molecule has 0 radical (unpaired) electrons. The van der Waals surface area contributed by atoms with Gasteiger partial charge in [0, 0.05) is 36.6 Å². The minimum atomic E-state index is -0.530. The number of non-ortho nitro benzene ring substituents is 1. The monoisotopic (exact) mass is 393 g/mol. The summed E-state index contributed by atoms with van der Waals surface area (Å²) in [5, 5.41) is 15.9. The zero-order valence-electron chi connectivity index (χ0n) is 14.2. The summed E-state index contributed by atoms with van der Waals surface area (Å²) in [4.78, 5) is 26.3. The van der Waals surface area contributed by atoms with Crippen molar-refractivity contribution in [2.75, 3.05) is 19.6 Å². The molecule has 0 spiro atoms. The maximum atomic E-state index is 12.3. The third-order valence-electron chi connectivity index (χ3n) is 4.52. The smallest absolute Gasteiger partial charge is 0.270 e. The molecule has 1 amide bonds. The zero-order valence-corrected chi connectivity index (χ0v) is 15.8. The van der Waals surface area contributed by atoms with Gasteiger partial charge in [0.25, 0.3) is 11.6 Å². The van der Waals surface area contributed by atoms with Gasteiger partial charge in [-0.15, -0.1) is 11.3 Å². The van der Waals surface area contributed by atoms with E-state index in [0.29, 0.717) is 12.5 Å². The van der Waals surface area contributed by atoms with Crippen LogP contribution in [0.3, 0.4) is 0 Å². The molecule has 26 heavy (non-hydrogen) atoms. The Kier molecular flexibility index (Phi) is 6.24. The summed E-state index contributed by atoms with van der Waals surface area (Å²) < 4.78 is 0. The van der Waals surface area contributed by atoms with E-state index < -0.39 is 4.92 Å². The van der Waals surface area contributed by atoms with Gasteiger partial charge in [0.05, 0.1) is 15.5 Å². The minimum Gasteiger partial charge on any atom is -0.352 e. The number of thiophene rings is 1. The fourth-order valence-electron chi connectivity index (χ4n) is 3.22. The number of amides is 1. The highest BCUT2D eigenvalue weighted by molar-refractivity contribution is 7.09. The lowest BCUT2D eigenvalue weighted by Crippen LogP contribution is -2.40. The molecular formula is C18H20ClN3O3S. The van der Waals surface area contributed by atoms with Crippen molar-refractivity contribution < 1.29 is 9.72 Å². The second-order valence-corrected chi connectivity index (χ2v) is 7.89. The van der Waals surface area contributed by atoms with Gasteiger partial charge >= 0.3 is 0 Å². The molecule has 1 aromatic carbocycles. The van der Waals surface area contributed by atoms with Gasteiger partial charge in [0.1, 0.15) is 0 Å². The summed E-state index contributed by atoms with van der Waals surface area (Å²) in [5.41, 5.74) is 0.145. The third kappa shape index (κ3) is 4.81. The standard InChI is InChI=1S/C18H20ClN3O3S/c19-17-9-14(22(24)25)5-6-16(17)18(23)20-10-13-3-1-7-21(11-13)12-15-4-2-8-26-15/h2,4-6,8-9,13H,1,3,7,10-12H2,(H,20,23). The molecule has 0 bridgehead atoms. The highest BCUT2D eigenvalue weighted by Crippen LogP contribution is 2.23. The molecule has 8 heteroatoms. The molecule has 0 aliphatic carbocycles. The summed E-state index contributed by atoms with van der Waals surface area (Å²) in [5.74, 6) is 0.102. The zero-order chi connectivity index (χ0) is 18.5. The first-order chi connectivity index (χ1) is 12.5. The summed E-state index contributed by atoms with van der Waals surface area (Å²) in [7, 11) is 0. The number of halogens is 1. The van der Waals surface area contributed by atoms with Crippen LogP contribution in [0, 0.1) is 16.0 Å². The molecule has 1 aliphatic heterocycles. The molecule has 1 saturated heterocycles. The van der Waals surface area contributed by atoms with Gasteiger partial charge in [0.2, 0.25) is 0 Å². The summed E-state index contributed by atoms with van der Waals surface area (Å²) in [6, 6.07) is 8.12. The lowest BCUT2D eigenvalue weighted by atomic mass is 9.98. The highest BCUT2D eigenvalue weighted by atomic mass is 35.5. The van der Waals surface area contributed by atoms with E-state index in [0.717, 1.165) is 32.5 Å². The molecule has 6 nitrogen and oxygen atoms in total. The Labute approximate surface area is 160 Å². The molecule has 0 saturated carbocycles. The molecule has 1 aliphatic rings. The summed E-state index contributed by atoms with van der Waals surface area (Å²) >= 11 is 7.78. The molecule has 138 valence electrons. The van der Waals surface area contributed by atoms with Gasteiger partial charge in [-0.05, 0) is 42.8 Å². The number of hydrogen-bond acceptors (Lipinski definition) is 5. The van der Waals surface area contributed by atoms with Gasteiger partial charge < -0.3 is 5.32 Å².